The third kappa shape index (κ3) is 3.89. The van der Waals surface area contributed by atoms with Gasteiger partial charge in [-0.25, -0.2) is 9.37 Å². The van der Waals surface area contributed by atoms with Gasteiger partial charge in [0, 0.05) is 30.3 Å². The highest BCUT2D eigenvalue weighted by Crippen LogP contribution is 2.54. The summed E-state index contributed by atoms with van der Waals surface area (Å²) in [6.07, 6.45) is 7.55. The van der Waals surface area contributed by atoms with Crippen LogP contribution in [0.1, 0.15) is 60.0 Å². The van der Waals surface area contributed by atoms with Crippen LogP contribution >= 0.6 is 23.4 Å². The molecule has 2 saturated carbocycles. The highest BCUT2D eigenvalue weighted by molar-refractivity contribution is 7.98. The smallest absolute Gasteiger partial charge is 0.274 e. The van der Waals surface area contributed by atoms with Gasteiger partial charge >= 0.3 is 0 Å². The zero-order valence-electron chi connectivity index (χ0n) is 17.5. The Bertz CT molecular complexity index is 1010. The molecule has 2 aliphatic carbocycles. The van der Waals surface area contributed by atoms with E-state index in [0.717, 1.165) is 62.3 Å². The van der Waals surface area contributed by atoms with Gasteiger partial charge in [0.15, 0.2) is 0 Å². The first-order valence-electron chi connectivity index (χ1n) is 10.9. The minimum absolute atomic E-state index is 0.0158. The summed E-state index contributed by atoms with van der Waals surface area (Å²) >= 11 is 7.59. The molecule has 1 aliphatic heterocycles. The summed E-state index contributed by atoms with van der Waals surface area (Å²) in [5, 5.41) is 13.7. The van der Waals surface area contributed by atoms with Crippen molar-refractivity contribution in [2.75, 3.05) is 17.3 Å². The third-order valence-corrected chi connectivity index (χ3v) is 8.29. The maximum atomic E-state index is 13.5. The number of halogens is 2. The van der Waals surface area contributed by atoms with E-state index in [9.17, 15) is 14.3 Å². The molecule has 166 valence electrons. The van der Waals surface area contributed by atoms with Crippen LogP contribution in [0.15, 0.2) is 18.2 Å². The van der Waals surface area contributed by atoms with E-state index in [4.69, 9.17) is 16.6 Å². The highest BCUT2D eigenvalue weighted by atomic mass is 35.5. The zero-order valence-corrected chi connectivity index (χ0v) is 19.1. The van der Waals surface area contributed by atoms with E-state index in [-0.39, 0.29) is 16.8 Å². The van der Waals surface area contributed by atoms with Crippen LogP contribution in [0.3, 0.4) is 0 Å². The number of aliphatic hydroxyl groups is 1. The van der Waals surface area contributed by atoms with Crippen LogP contribution in [0.4, 0.5) is 10.1 Å². The number of anilines is 1. The van der Waals surface area contributed by atoms with Gasteiger partial charge in [-0.3, -0.25) is 4.79 Å². The zero-order chi connectivity index (χ0) is 21.8. The highest BCUT2D eigenvalue weighted by Gasteiger charge is 2.49. The molecule has 2 atom stereocenters. The first kappa shape index (κ1) is 21.3. The van der Waals surface area contributed by atoms with Gasteiger partial charge in [-0.15, -0.1) is 0 Å². The van der Waals surface area contributed by atoms with Gasteiger partial charge in [-0.2, -0.15) is 11.8 Å². The normalized spacial score (nSPS) is 29.2. The van der Waals surface area contributed by atoms with Crippen molar-refractivity contribution in [1.29, 1.82) is 0 Å². The van der Waals surface area contributed by atoms with Crippen molar-refractivity contribution in [2.24, 2.45) is 11.8 Å². The molecule has 1 aromatic carbocycles. The summed E-state index contributed by atoms with van der Waals surface area (Å²) in [7, 11) is 0. The van der Waals surface area contributed by atoms with E-state index in [1.54, 1.807) is 11.8 Å². The standard InChI is InChI=1S/C23H27ClFN3O2S/c1-31-12-23(30)10-14-7-13(8-15(14)11-23)20-21(28-6-2-3-19(28)27-20)22(29)26-16-4-5-18(25)17(24)9-16/h4-5,9,13-15,30H,2-3,6-8,10-12H2,1H3,(H,26,29). The lowest BCUT2D eigenvalue weighted by Gasteiger charge is -2.23. The molecule has 0 saturated heterocycles. The van der Waals surface area contributed by atoms with Crippen molar-refractivity contribution in [3.05, 3.63) is 46.3 Å². The molecular formula is C23H27ClFN3O2S. The first-order valence-corrected chi connectivity index (χ1v) is 12.7. The van der Waals surface area contributed by atoms with Gasteiger partial charge < -0.3 is 15.0 Å². The Balaban J connectivity index is 1.39. The Labute approximate surface area is 190 Å². The summed E-state index contributed by atoms with van der Waals surface area (Å²) in [5.41, 5.74) is 1.46. The number of benzene rings is 1. The second-order valence-corrected chi connectivity index (χ2v) is 10.6. The monoisotopic (exact) mass is 463 g/mol. The summed E-state index contributed by atoms with van der Waals surface area (Å²) < 4.78 is 15.5. The van der Waals surface area contributed by atoms with Crippen molar-refractivity contribution in [1.82, 2.24) is 9.55 Å². The fourth-order valence-electron chi connectivity index (χ4n) is 6.02. The topological polar surface area (TPSA) is 67.2 Å². The molecule has 8 heteroatoms. The molecule has 2 unspecified atom stereocenters. The number of hydrogen-bond acceptors (Lipinski definition) is 4. The number of carbonyl (C=O) groups is 1. The van der Waals surface area contributed by atoms with E-state index in [1.165, 1.54) is 18.2 Å². The van der Waals surface area contributed by atoms with Crippen LogP contribution in [0, 0.1) is 17.7 Å². The number of aryl methyl sites for hydroxylation is 1. The summed E-state index contributed by atoms with van der Waals surface area (Å²) in [6.45, 7) is 0.794. The van der Waals surface area contributed by atoms with Crippen molar-refractivity contribution >= 4 is 35.0 Å². The number of imidazole rings is 1. The maximum Gasteiger partial charge on any atom is 0.274 e. The predicted octanol–water partition coefficient (Wildman–Crippen LogP) is 4.87. The van der Waals surface area contributed by atoms with Gasteiger partial charge in [0.25, 0.3) is 5.91 Å². The van der Waals surface area contributed by atoms with Crippen LogP contribution < -0.4 is 5.32 Å². The molecule has 5 rings (SSSR count). The van der Waals surface area contributed by atoms with Gasteiger partial charge in [0.05, 0.1) is 16.3 Å². The molecule has 2 aromatic rings. The van der Waals surface area contributed by atoms with Crippen molar-refractivity contribution in [3.63, 3.8) is 0 Å². The molecule has 2 fully saturated rings. The van der Waals surface area contributed by atoms with Gasteiger partial charge in [-0.1, -0.05) is 11.6 Å². The average molecular weight is 464 g/mol. The number of amides is 1. The number of fused-ring (bicyclic) bond motifs is 2. The molecule has 2 N–H and O–H groups in total. The fraction of sp³-hybridized carbons (Fsp3) is 0.565. The van der Waals surface area contributed by atoms with Crippen LogP contribution in [0.5, 0.6) is 0 Å². The van der Waals surface area contributed by atoms with E-state index in [2.05, 4.69) is 5.32 Å². The van der Waals surface area contributed by atoms with Crippen molar-refractivity contribution in [2.45, 2.75) is 56.6 Å². The van der Waals surface area contributed by atoms with Crippen LogP contribution in [0.2, 0.25) is 5.02 Å². The number of hydrogen-bond donors (Lipinski definition) is 2. The Morgan fingerprint density at radius 2 is 2.13 bits per heavy atom. The Morgan fingerprint density at radius 1 is 1.39 bits per heavy atom. The number of rotatable bonds is 5. The lowest BCUT2D eigenvalue weighted by molar-refractivity contribution is 0.0630. The summed E-state index contributed by atoms with van der Waals surface area (Å²) in [4.78, 5) is 18.2. The Hall–Kier alpha value is -1.57. The fourth-order valence-corrected chi connectivity index (χ4v) is 6.97. The molecule has 2 heterocycles. The van der Waals surface area contributed by atoms with Gasteiger partial charge in [-0.05, 0) is 68.4 Å². The molecular weight excluding hydrogens is 437 g/mol. The first-order chi connectivity index (χ1) is 14.9. The molecule has 5 nitrogen and oxygen atoms in total. The molecule has 0 spiro atoms. The van der Waals surface area contributed by atoms with E-state index in [1.807, 2.05) is 10.8 Å². The number of carbonyl (C=O) groups excluding carboxylic acids is 1. The van der Waals surface area contributed by atoms with E-state index in [0.29, 0.717) is 23.2 Å². The number of nitrogens with zero attached hydrogens (tertiary/aromatic N) is 2. The second-order valence-electron chi connectivity index (χ2n) is 9.35. The SMILES string of the molecule is CSCC1(O)CC2CC(c3nc4n(c3C(=O)Nc3ccc(F)c(Cl)c3)CCC4)CC2C1. The van der Waals surface area contributed by atoms with Crippen molar-refractivity contribution < 1.29 is 14.3 Å². The molecule has 31 heavy (non-hydrogen) atoms. The van der Waals surface area contributed by atoms with Crippen LogP contribution in [0.25, 0.3) is 0 Å². The minimum Gasteiger partial charge on any atom is -0.389 e. The maximum absolute atomic E-state index is 13.5. The third-order valence-electron chi connectivity index (χ3n) is 7.17. The van der Waals surface area contributed by atoms with E-state index >= 15 is 0 Å². The predicted molar refractivity (Wildman–Crippen MR) is 121 cm³/mol. The molecule has 1 aromatic heterocycles. The van der Waals surface area contributed by atoms with Gasteiger partial charge in [0.1, 0.15) is 17.3 Å². The quantitative estimate of drug-likeness (QED) is 0.663. The Kier molecular flexibility index (Phi) is 5.55. The largest absolute Gasteiger partial charge is 0.389 e. The summed E-state index contributed by atoms with van der Waals surface area (Å²) in [6, 6.07) is 4.21. The van der Waals surface area contributed by atoms with Gasteiger partial charge in [0.2, 0.25) is 0 Å². The van der Waals surface area contributed by atoms with Crippen LogP contribution in [-0.2, 0) is 13.0 Å². The molecule has 0 bridgehead atoms. The summed E-state index contributed by atoms with van der Waals surface area (Å²) in [5.74, 6) is 2.27. The minimum atomic E-state index is -0.544. The lowest BCUT2D eigenvalue weighted by atomic mass is 9.93. The number of thioether (sulfide) groups is 1. The van der Waals surface area contributed by atoms with E-state index < -0.39 is 11.4 Å². The van der Waals surface area contributed by atoms with Crippen molar-refractivity contribution in [3.8, 4) is 0 Å². The molecule has 3 aliphatic rings. The number of nitrogens with one attached hydrogen (secondary N) is 1. The molecule has 0 radical (unpaired) electrons. The molecule has 1 amide bonds. The Morgan fingerprint density at radius 3 is 2.81 bits per heavy atom. The average Bonchev–Trinajstić information content (AvgIpc) is 3.43. The van der Waals surface area contributed by atoms with Crippen LogP contribution in [-0.4, -0.2) is 38.2 Å². The number of aromatic nitrogens is 2. The second kappa shape index (κ2) is 8.09. The lowest BCUT2D eigenvalue weighted by Crippen LogP contribution is -2.29.